The van der Waals surface area contributed by atoms with Gasteiger partial charge in [0.2, 0.25) is 9.05 Å². The van der Waals surface area contributed by atoms with Gasteiger partial charge in [-0.25, -0.2) is 8.42 Å². The van der Waals surface area contributed by atoms with E-state index in [9.17, 15) is 13.5 Å². The number of ether oxygens (including phenoxy) is 1. The third kappa shape index (κ3) is 3.28. The summed E-state index contributed by atoms with van der Waals surface area (Å²) in [4.78, 5) is 0. The Morgan fingerprint density at radius 1 is 1.47 bits per heavy atom. The van der Waals surface area contributed by atoms with E-state index in [4.69, 9.17) is 15.4 Å². The van der Waals surface area contributed by atoms with Crippen molar-refractivity contribution in [3.63, 3.8) is 0 Å². The van der Waals surface area contributed by atoms with E-state index in [1.54, 1.807) is 6.92 Å². The first kappa shape index (κ1) is 12.1. The van der Waals surface area contributed by atoms with Crippen LogP contribution in [0.1, 0.15) is 11.1 Å². The zero-order chi connectivity index (χ0) is 11.6. The van der Waals surface area contributed by atoms with Crippen molar-refractivity contribution in [3.8, 4) is 11.5 Å². The van der Waals surface area contributed by atoms with E-state index in [-0.39, 0.29) is 11.5 Å². The van der Waals surface area contributed by atoms with Gasteiger partial charge in [0.25, 0.3) is 0 Å². The van der Waals surface area contributed by atoms with Crippen molar-refractivity contribution in [1.29, 1.82) is 0 Å². The number of aryl methyl sites for hydroxylation is 1. The van der Waals surface area contributed by atoms with E-state index in [0.717, 1.165) is 0 Å². The molecule has 0 bridgehead atoms. The second-order valence-corrected chi connectivity index (χ2v) is 5.90. The summed E-state index contributed by atoms with van der Waals surface area (Å²) in [6.07, 6.45) is 0. The molecule has 0 saturated carbocycles. The molecule has 0 unspecified atom stereocenters. The van der Waals surface area contributed by atoms with Crippen molar-refractivity contribution in [2.45, 2.75) is 12.7 Å². The summed E-state index contributed by atoms with van der Waals surface area (Å²) in [5.74, 6) is 0.0286. The van der Waals surface area contributed by atoms with Gasteiger partial charge in [0.15, 0.2) is 0 Å². The van der Waals surface area contributed by atoms with Crippen molar-refractivity contribution >= 4 is 19.7 Å². The maximum atomic E-state index is 11.0. The van der Waals surface area contributed by atoms with Crippen molar-refractivity contribution < 1.29 is 18.3 Å². The maximum absolute atomic E-state index is 11.0. The zero-order valence-electron chi connectivity index (χ0n) is 8.32. The average molecular weight is 251 g/mol. The molecule has 0 heterocycles. The van der Waals surface area contributed by atoms with Crippen LogP contribution >= 0.6 is 10.7 Å². The van der Waals surface area contributed by atoms with Gasteiger partial charge in [-0.3, -0.25) is 0 Å². The van der Waals surface area contributed by atoms with Gasteiger partial charge in [0, 0.05) is 22.3 Å². The number of aromatic hydroxyl groups is 1. The quantitative estimate of drug-likeness (QED) is 0.831. The van der Waals surface area contributed by atoms with Gasteiger partial charge in [0.1, 0.15) is 11.5 Å². The lowest BCUT2D eigenvalue weighted by molar-refractivity contribution is 0.403. The standard InChI is InChI=1S/C9H11ClO4S/c1-6-3-7(11)4-9(14-2)8(6)5-15(10,12)13/h3-4,11H,5H2,1-2H3. The van der Waals surface area contributed by atoms with Crippen LogP contribution in [0.25, 0.3) is 0 Å². The Morgan fingerprint density at radius 3 is 2.53 bits per heavy atom. The van der Waals surface area contributed by atoms with Crippen LogP contribution in [-0.4, -0.2) is 20.6 Å². The lowest BCUT2D eigenvalue weighted by Gasteiger charge is -2.10. The van der Waals surface area contributed by atoms with E-state index in [0.29, 0.717) is 16.9 Å². The monoisotopic (exact) mass is 250 g/mol. The molecule has 84 valence electrons. The number of benzene rings is 1. The minimum atomic E-state index is -3.63. The highest BCUT2D eigenvalue weighted by atomic mass is 35.7. The maximum Gasteiger partial charge on any atom is 0.236 e. The molecule has 0 aliphatic rings. The number of rotatable bonds is 3. The molecule has 1 N–H and O–H groups in total. The molecule has 1 aromatic carbocycles. The minimum Gasteiger partial charge on any atom is -0.508 e. The Morgan fingerprint density at radius 2 is 2.07 bits per heavy atom. The van der Waals surface area contributed by atoms with Crippen molar-refractivity contribution in [2.24, 2.45) is 0 Å². The molecule has 0 radical (unpaired) electrons. The van der Waals surface area contributed by atoms with Crippen molar-refractivity contribution in [3.05, 3.63) is 23.3 Å². The lowest BCUT2D eigenvalue weighted by Crippen LogP contribution is -2.01. The summed E-state index contributed by atoms with van der Waals surface area (Å²) >= 11 is 0. The molecule has 4 nitrogen and oxygen atoms in total. The summed E-state index contributed by atoms with van der Waals surface area (Å²) < 4.78 is 26.9. The number of phenols is 1. The van der Waals surface area contributed by atoms with Crippen LogP contribution in [0.2, 0.25) is 0 Å². The zero-order valence-corrected chi connectivity index (χ0v) is 9.89. The summed E-state index contributed by atoms with van der Waals surface area (Å²) in [5.41, 5.74) is 1.08. The van der Waals surface area contributed by atoms with Crippen molar-refractivity contribution in [2.75, 3.05) is 7.11 Å². The van der Waals surface area contributed by atoms with Gasteiger partial charge >= 0.3 is 0 Å². The molecule has 1 rings (SSSR count). The van der Waals surface area contributed by atoms with Gasteiger partial charge in [-0.2, -0.15) is 0 Å². The summed E-state index contributed by atoms with van der Waals surface area (Å²) in [6.45, 7) is 1.68. The number of methoxy groups -OCH3 is 1. The summed E-state index contributed by atoms with van der Waals surface area (Å²) in [6, 6.07) is 2.81. The Labute approximate surface area is 92.9 Å². The second-order valence-electron chi connectivity index (χ2n) is 3.13. The molecule has 0 aromatic heterocycles. The molecular weight excluding hydrogens is 240 g/mol. The minimum absolute atomic E-state index is 0.0278. The Kier molecular flexibility index (Phi) is 3.46. The largest absolute Gasteiger partial charge is 0.508 e. The number of hydrogen-bond acceptors (Lipinski definition) is 4. The van der Waals surface area contributed by atoms with Crippen LogP contribution in [-0.2, 0) is 14.8 Å². The van der Waals surface area contributed by atoms with E-state index in [1.165, 1.54) is 19.2 Å². The van der Waals surface area contributed by atoms with Crippen LogP contribution in [0.5, 0.6) is 11.5 Å². The predicted octanol–water partition coefficient (Wildman–Crippen LogP) is 1.78. The van der Waals surface area contributed by atoms with Crippen LogP contribution < -0.4 is 4.74 Å². The number of phenolic OH excluding ortho intramolecular Hbond substituents is 1. The fourth-order valence-electron chi connectivity index (χ4n) is 1.31. The first-order valence-electron chi connectivity index (χ1n) is 4.12. The summed E-state index contributed by atoms with van der Waals surface area (Å²) in [5, 5.41) is 9.29. The molecule has 0 atom stereocenters. The molecule has 1 aromatic rings. The average Bonchev–Trinajstić information content (AvgIpc) is 2.07. The molecule has 6 heteroatoms. The van der Waals surface area contributed by atoms with E-state index < -0.39 is 9.05 Å². The molecule has 0 spiro atoms. The molecule has 15 heavy (non-hydrogen) atoms. The third-order valence-electron chi connectivity index (χ3n) is 1.95. The molecule has 0 aliphatic carbocycles. The van der Waals surface area contributed by atoms with Gasteiger partial charge in [-0.05, 0) is 18.6 Å². The van der Waals surface area contributed by atoms with E-state index >= 15 is 0 Å². The Bertz CT molecular complexity index is 467. The number of hydrogen-bond donors (Lipinski definition) is 1. The highest BCUT2D eigenvalue weighted by molar-refractivity contribution is 8.13. The first-order valence-corrected chi connectivity index (χ1v) is 6.60. The summed E-state index contributed by atoms with van der Waals surface area (Å²) in [7, 11) is 2.93. The van der Waals surface area contributed by atoms with E-state index in [2.05, 4.69) is 0 Å². The SMILES string of the molecule is COc1cc(O)cc(C)c1CS(=O)(=O)Cl. The molecule has 0 aliphatic heterocycles. The normalized spacial score (nSPS) is 11.4. The third-order valence-corrected chi connectivity index (χ3v) is 2.91. The molecule has 0 amide bonds. The van der Waals surface area contributed by atoms with Gasteiger partial charge in [-0.1, -0.05) is 0 Å². The highest BCUT2D eigenvalue weighted by Gasteiger charge is 2.15. The van der Waals surface area contributed by atoms with Crippen LogP contribution in [0, 0.1) is 6.92 Å². The van der Waals surface area contributed by atoms with E-state index in [1.807, 2.05) is 0 Å². The first-order chi connectivity index (χ1) is 6.83. The highest BCUT2D eigenvalue weighted by Crippen LogP contribution is 2.29. The molecular formula is C9H11ClO4S. The topological polar surface area (TPSA) is 63.6 Å². The molecule has 0 fully saturated rings. The van der Waals surface area contributed by atoms with Crippen LogP contribution in [0.3, 0.4) is 0 Å². The fraction of sp³-hybridized carbons (Fsp3) is 0.333. The lowest BCUT2D eigenvalue weighted by atomic mass is 10.1. The van der Waals surface area contributed by atoms with Gasteiger partial charge < -0.3 is 9.84 Å². The van der Waals surface area contributed by atoms with Gasteiger partial charge in [0.05, 0.1) is 12.9 Å². The van der Waals surface area contributed by atoms with Crippen LogP contribution in [0.4, 0.5) is 0 Å². The Hall–Kier alpha value is -0.940. The fourth-order valence-corrected chi connectivity index (χ4v) is 2.35. The number of halogens is 1. The second kappa shape index (κ2) is 4.28. The molecule has 0 saturated heterocycles. The van der Waals surface area contributed by atoms with Gasteiger partial charge in [-0.15, -0.1) is 0 Å². The van der Waals surface area contributed by atoms with Crippen molar-refractivity contribution in [1.82, 2.24) is 0 Å². The smallest absolute Gasteiger partial charge is 0.236 e. The van der Waals surface area contributed by atoms with Crippen LogP contribution in [0.15, 0.2) is 12.1 Å². The predicted molar refractivity (Wildman–Crippen MR) is 57.9 cm³/mol. The Balaban J connectivity index is 3.27.